The molecule has 2 aliphatic rings. The van der Waals surface area contributed by atoms with Crippen LogP contribution < -0.4 is 5.32 Å². The minimum Gasteiger partial charge on any atom is -0.314 e. The summed E-state index contributed by atoms with van der Waals surface area (Å²) < 4.78 is 0. The standard InChI is InChI=1S/C23H26N2.2ClH/c1-2-6-19-18(5-1)16-22(21-8-4-3-7-20(19)21)23(15-17-9-10-17)25-13-11-24-12-14-25;;/h1-8,16-17,23-24H,9-15H2;2*1H/t23-;;/m1../s1. The number of fused-ring (bicyclic) bond motifs is 3. The van der Waals surface area contributed by atoms with Crippen molar-refractivity contribution >= 4 is 46.4 Å². The van der Waals surface area contributed by atoms with Crippen molar-refractivity contribution in [1.82, 2.24) is 10.2 Å². The maximum atomic E-state index is 3.52. The highest BCUT2D eigenvalue weighted by molar-refractivity contribution is 6.09. The van der Waals surface area contributed by atoms with E-state index in [9.17, 15) is 0 Å². The van der Waals surface area contributed by atoms with Gasteiger partial charge in [-0.15, -0.1) is 24.8 Å². The van der Waals surface area contributed by atoms with Gasteiger partial charge < -0.3 is 5.32 Å². The molecule has 0 radical (unpaired) electrons. The van der Waals surface area contributed by atoms with Gasteiger partial charge in [-0.25, -0.2) is 0 Å². The Balaban J connectivity index is 0.00000105. The van der Waals surface area contributed by atoms with Gasteiger partial charge in [-0.1, -0.05) is 61.4 Å². The molecule has 1 heterocycles. The molecule has 1 saturated carbocycles. The van der Waals surface area contributed by atoms with Gasteiger partial charge in [-0.05, 0) is 45.5 Å². The molecule has 1 aliphatic carbocycles. The largest absolute Gasteiger partial charge is 0.314 e. The predicted octanol–water partition coefficient (Wildman–Crippen LogP) is 5.58. The molecule has 4 heteroatoms. The Morgan fingerprint density at radius 1 is 0.852 bits per heavy atom. The Hall–Kier alpha value is -1.32. The molecule has 0 unspecified atom stereocenters. The van der Waals surface area contributed by atoms with Gasteiger partial charge in [0.1, 0.15) is 0 Å². The molecule has 144 valence electrons. The number of hydrogen-bond acceptors (Lipinski definition) is 2. The molecule has 1 aliphatic heterocycles. The van der Waals surface area contributed by atoms with Crippen LogP contribution in [0.2, 0.25) is 0 Å². The zero-order valence-electron chi connectivity index (χ0n) is 15.6. The Kier molecular flexibility index (Phi) is 6.65. The molecule has 1 N–H and O–H groups in total. The summed E-state index contributed by atoms with van der Waals surface area (Å²) >= 11 is 0. The van der Waals surface area contributed by atoms with E-state index in [-0.39, 0.29) is 24.8 Å². The van der Waals surface area contributed by atoms with Crippen LogP contribution in [0.15, 0.2) is 54.6 Å². The first-order valence-electron chi connectivity index (χ1n) is 9.75. The van der Waals surface area contributed by atoms with Gasteiger partial charge in [-0.2, -0.15) is 0 Å². The summed E-state index contributed by atoms with van der Waals surface area (Å²) in [5, 5.41) is 9.14. The van der Waals surface area contributed by atoms with Gasteiger partial charge >= 0.3 is 0 Å². The summed E-state index contributed by atoms with van der Waals surface area (Å²) in [7, 11) is 0. The number of nitrogens with zero attached hydrogens (tertiary/aromatic N) is 1. The fraction of sp³-hybridized carbons (Fsp3) is 0.391. The molecule has 2 nitrogen and oxygen atoms in total. The lowest BCUT2D eigenvalue weighted by Gasteiger charge is -2.36. The Bertz CT molecular complexity index is 901. The first-order valence-corrected chi connectivity index (χ1v) is 9.75. The van der Waals surface area contributed by atoms with Crippen LogP contribution in [0.3, 0.4) is 0 Å². The van der Waals surface area contributed by atoms with Crippen molar-refractivity contribution in [2.45, 2.75) is 25.3 Å². The van der Waals surface area contributed by atoms with E-state index in [0.29, 0.717) is 6.04 Å². The maximum Gasteiger partial charge on any atom is 0.0358 e. The van der Waals surface area contributed by atoms with Crippen LogP contribution in [0.4, 0.5) is 0 Å². The van der Waals surface area contributed by atoms with Crippen LogP contribution in [-0.4, -0.2) is 31.1 Å². The van der Waals surface area contributed by atoms with Crippen LogP contribution in [0.25, 0.3) is 21.5 Å². The lowest BCUT2D eigenvalue weighted by molar-refractivity contribution is 0.161. The van der Waals surface area contributed by atoms with E-state index in [4.69, 9.17) is 0 Å². The average molecular weight is 403 g/mol. The second-order valence-electron chi connectivity index (χ2n) is 7.71. The molecule has 0 amide bonds. The van der Waals surface area contributed by atoms with Gasteiger partial charge in [0.05, 0.1) is 0 Å². The van der Waals surface area contributed by atoms with Crippen molar-refractivity contribution in [3.05, 3.63) is 60.2 Å². The molecule has 3 aromatic rings. The fourth-order valence-corrected chi connectivity index (χ4v) is 4.49. The summed E-state index contributed by atoms with van der Waals surface area (Å²) in [6, 6.07) is 20.9. The van der Waals surface area contributed by atoms with E-state index in [1.54, 1.807) is 5.56 Å². The quantitative estimate of drug-likeness (QED) is 0.572. The van der Waals surface area contributed by atoms with Crippen molar-refractivity contribution in [3.8, 4) is 0 Å². The molecule has 1 saturated heterocycles. The van der Waals surface area contributed by atoms with Crippen LogP contribution in [0.5, 0.6) is 0 Å². The second-order valence-corrected chi connectivity index (χ2v) is 7.71. The number of nitrogens with one attached hydrogen (secondary N) is 1. The molecular formula is C23H28Cl2N2. The Morgan fingerprint density at radius 2 is 1.48 bits per heavy atom. The molecule has 5 rings (SSSR count). The minimum absolute atomic E-state index is 0. The lowest BCUT2D eigenvalue weighted by atomic mass is 9.90. The van der Waals surface area contributed by atoms with Gasteiger partial charge in [0, 0.05) is 32.2 Å². The van der Waals surface area contributed by atoms with Crippen molar-refractivity contribution in [1.29, 1.82) is 0 Å². The first-order chi connectivity index (χ1) is 12.4. The van der Waals surface area contributed by atoms with Gasteiger partial charge in [0.2, 0.25) is 0 Å². The van der Waals surface area contributed by atoms with Crippen molar-refractivity contribution in [3.63, 3.8) is 0 Å². The van der Waals surface area contributed by atoms with Crippen LogP contribution in [0, 0.1) is 5.92 Å². The van der Waals surface area contributed by atoms with E-state index in [2.05, 4.69) is 64.8 Å². The van der Waals surface area contributed by atoms with E-state index < -0.39 is 0 Å². The van der Waals surface area contributed by atoms with Gasteiger partial charge in [0.15, 0.2) is 0 Å². The summed E-state index contributed by atoms with van der Waals surface area (Å²) in [6.07, 6.45) is 4.17. The highest BCUT2D eigenvalue weighted by Crippen LogP contribution is 2.43. The number of hydrogen-bond donors (Lipinski definition) is 1. The lowest BCUT2D eigenvalue weighted by Crippen LogP contribution is -2.45. The van der Waals surface area contributed by atoms with E-state index in [1.807, 2.05) is 0 Å². The van der Waals surface area contributed by atoms with E-state index >= 15 is 0 Å². The monoisotopic (exact) mass is 402 g/mol. The molecule has 3 aromatic carbocycles. The smallest absolute Gasteiger partial charge is 0.0358 e. The Morgan fingerprint density at radius 3 is 2.19 bits per heavy atom. The third kappa shape index (κ3) is 4.09. The van der Waals surface area contributed by atoms with E-state index in [0.717, 1.165) is 19.0 Å². The first kappa shape index (κ1) is 20.4. The van der Waals surface area contributed by atoms with Gasteiger partial charge in [0.25, 0.3) is 0 Å². The number of piperazine rings is 1. The third-order valence-electron chi connectivity index (χ3n) is 6.00. The number of benzene rings is 3. The highest BCUT2D eigenvalue weighted by atomic mass is 35.5. The molecule has 27 heavy (non-hydrogen) atoms. The SMILES string of the molecule is Cl.Cl.c1ccc2c(c1)cc([C@@H](CC1CC1)N1CCNCC1)c1ccccc12. The predicted molar refractivity (Wildman–Crippen MR) is 120 cm³/mol. The summed E-state index contributed by atoms with van der Waals surface area (Å²) in [5.41, 5.74) is 1.54. The zero-order valence-corrected chi connectivity index (χ0v) is 17.2. The molecular weight excluding hydrogens is 375 g/mol. The van der Waals surface area contributed by atoms with Gasteiger partial charge in [-0.3, -0.25) is 4.90 Å². The molecule has 1 atom stereocenters. The van der Waals surface area contributed by atoms with Crippen LogP contribution in [0.1, 0.15) is 30.9 Å². The highest BCUT2D eigenvalue weighted by Gasteiger charge is 2.31. The molecule has 2 fully saturated rings. The van der Waals surface area contributed by atoms with E-state index in [1.165, 1.54) is 53.9 Å². The van der Waals surface area contributed by atoms with Crippen molar-refractivity contribution < 1.29 is 0 Å². The molecule has 0 spiro atoms. The zero-order chi connectivity index (χ0) is 16.6. The van der Waals surface area contributed by atoms with Crippen LogP contribution >= 0.6 is 24.8 Å². The molecule has 0 aromatic heterocycles. The topological polar surface area (TPSA) is 15.3 Å². The minimum atomic E-state index is 0. The summed E-state index contributed by atoms with van der Waals surface area (Å²) in [4.78, 5) is 2.73. The van der Waals surface area contributed by atoms with Crippen LogP contribution in [-0.2, 0) is 0 Å². The maximum absolute atomic E-state index is 3.52. The summed E-state index contributed by atoms with van der Waals surface area (Å²) in [5.74, 6) is 0.935. The average Bonchev–Trinajstić information content (AvgIpc) is 3.51. The third-order valence-corrected chi connectivity index (χ3v) is 6.00. The summed E-state index contributed by atoms with van der Waals surface area (Å²) in [6.45, 7) is 4.57. The second kappa shape index (κ2) is 8.79. The molecule has 0 bridgehead atoms. The van der Waals surface area contributed by atoms with Crippen molar-refractivity contribution in [2.24, 2.45) is 5.92 Å². The fourth-order valence-electron chi connectivity index (χ4n) is 4.49. The number of halogens is 2. The normalized spacial score (nSPS) is 18.7. The number of rotatable bonds is 4. The Labute approximate surface area is 174 Å². The van der Waals surface area contributed by atoms with Crippen molar-refractivity contribution in [2.75, 3.05) is 26.2 Å².